The molecule has 0 spiro atoms. The number of rotatable bonds is 8. The summed E-state index contributed by atoms with van der Waals surface area (Å²) in [5.41, 5.74) is 5.36. The van der Waals surface area contributed by atoms with Gasteiger partial charge in [0.2, 0.25) is 0 Å². The number of hydrogen-bond acceptors (Lipinski definition) is 5. The first-order chi connectivity index (χ1) is 20.0. The Kier molecular flexibility index (Phi) is 7.25. The highest BCUT2D eigenvalue weighted by Gasteiger charge is 2.18. The topological polar surface area (TPSA) is 128 Å². The van der Waals surface area contributed by atoms with E-state index in [1.54, 1.807) is 30.3 Å². The quantitative estimate of drug-likeness (QED) is 0.173. The molecule has 6 rings (SSSR count). The van der Waals surface area contributed by atoms with Crippen molar-refractivity contribution < 1.29 is 9.59 Å². The zero-order chi connectivity index (χ0) is 28.2. The second kappa shape index (κ2) is 11.4. The molecule has 0 atom stereocenters. The van der Waals surface area contributed by atoms with Crippen molar-refractivity contribution in [1.82, 2.24) is 25.6 Å². The fourth-order valence-corrected chi connectivity index (χ4v) is 4.91. The van der Waals surface area contributed by atoms with Crippen LogP contribution >= 0.6 is 11.6 Å². The minimum atomic E-state index is -0.374. The van der Waals surface area contributed by atoms with E-state index in [0.29, 0.717) is 44.6 Å². The number of amides is 2. The minimum absolute atomic E-state index is 0.215. The second-order valence-corrected chi connectivity index (χ2v) is 9.88. The highest BCUT2D eigenvalue weighted by Crippen LogP contribution is 2.30. The minimum Gasteiger partial charge on any atom is -0.349 e. The van der Waals surface area contributed by atoms with Crippen molar-refractivity contribution in [2.24, 2.45) is 0 Å². The smallest absolute Gasteiger partial charge is 0.272 e. The van der Waals surface area contributed by atoms with Crippen LogP contribution in [0.3, 0.4) is 0 Å². The number of halogens is 1. The number of benzene rings is 4. The molecule has 0 aliphatic carbocycles. The molecule has 9 nitrogen and oxygen atoms in total. The van der Waals surface area contributed by atoms with Gasteiger partial charge in [-0.3, -0.25) is 9.59 Å². The number of nitrogens with zero attached hydrogens (tertiary/aromatic N) is 3. The fourth-order valence-electron chi connectivity index (χ4n) is 4.74. The number of hydrogen-bond donors (Lipinski definition) is 4. The summed E-state index contributed by atoms with van der Waals surface area (Å²) in [6.07, 6.45) is 1.57. The van der Waals surface area contributed by atoms with Gasteiger partial charge in [-0.1, -0.05) is 72.3 Å². The molecular formula is C31H24ClN7O2. The lowest BCUT2D eigenvalue weighted by atomic mass is 9.99. The number of H-pyrrole nitrogens is 2. The van der Waals surface area contributed by atoms with Gasteiger partial charge in [-0.2, -0.15) is 0 Å². The Balaban J connectivity index is 1.22. The van der Waals surface area contributed by atoms with Gasteiger partial charge in [-0.05, 0) is 70.8 Å². The van der Waals surface area contributed by atoms with E-state index in [-0.39, 0.29) is 11.8 Å². The third-order valence-electron chi connectivity index (χ3n) is 6.77. The Morgan fingerprint density at radius 3 is 2.41 bits per heavy atom. The molecule has 0 saturated carbocycles. The van der Waals surface area contributed by atoms with Crippen molar-refractivity contribution in [3.8, 4) is 11.4 Å². The molecular weight excluding hydrogens is 538 g/mol. The molecule has 4 N–H and O–H groups in total. The maximum atomic E-state index is 13.4. The summed E-state index contributed by atoms with van der Waals surface area (Å²) in [6.45, 7) is 0. The number of aromatic amines is 2. The lowest BCUT2D eigenvalue weighted by molar-refractivity contribution is 0.101. The molecule has 2 aromatic heterocycles. The van der Waals surface area contributed by atoms with Crippen LogP contribution in [0.15, 0.2) is 97.1 Å². The van der Waals surface area contributed by atoms with Crippen LogP contribution in [0.25, 0.3) is 22.3 Å². The molecule has 6 aromatic rings. The van der Waals surface area contributed by atoms with Crippen LogP contribution in [0.1, 0.15) is 32.0 Å². The summed E-state index contributed by atoms with van der Waals surface area (Å²) in [4.78, 5) is 29.8. The fraction of sp³-hybridized carbons (Fsp3) is 0.0645. The molecule has 41 heavy (non-hydrogen) atoms. The number of carbonyl (C=O) groups excluding carboxylic acids is 2. The molecule has 2 amide bonds. The van der Waals surface area contributed by atoms with Crippen molar-refractivity contribution in [1.29, 1.82) is 0 Å². The molecule has 0 bridgehead atoms. The van der Waals surface area contributed by atoms with E-state index in [1.165, 1.54) is 5.56 Å². The van der Waals surface area contributed by atoms with Gasteiger partial charge in [-0.15, -0.1) is 5.10 Å². The maximum Gasteiger partial charge on any atom is 0.272 e. The van der Waals surface area contributed by atoms with E-state index < -0.39 is 0 Å². The number of carbonyl (C=O) groups is 2. The van der Waals surface area contributed by atoms with Crippen LogP contribution in [0.5, 0.6) is 0 Å². The third kappa shape index (κ3) is 5.70. The predicted molar refractivity (Wildman–Crippen MR) is 159 cm³/mol. The van der Waals surface area contributed by atoms with Gasteiger partial charge in [0.15, 0.2) is 5.82 Å². The van der Waals surface area contributed by atoms with E-state index in [0.717, 1.165) is 23.8 Å². The van der Waals surface area contributed by atoms with Crippen LogP contribution in [-0.2, 0) is 12.8 Å². The number of aromatic nitrogens is 5. The lowest BCUT2D eigenvalue weighted by Crippen LogP contribution is -2.15. The van der Waals surface area contributed by atoms with Crippen molar-refractivity contribution in [3.63, 3.8) is 0 Å². The van der Waals surface area contributed by atoms with Gasteiger partial charge in [0, 0.05) is 21.5 Å². The summed E-state index contributed by atoms with van der Waals surface area (Å²) in [5, 5.41) is 21.0. The van der Waals surface area contributed by atoms with Crippen LogP contribution in [0.4, 0.5) is 11.4 Å². The summed E-state index contributed by atoms with van der Waals surface area (Å²) < 4.78 is 0. The first-order valence-electron chi connectivity index (χ1n) is 12.9. The van der Waals surface area contributed by atoms with Gasteiger partial charge in [0.05, 0.1) is 16.9 Å². The summed E-state index contributed by atoms with van der Waals surface area (Å²) in [7, 11) is 0. The molecule has 10 heteroatoms. The Bertz CT molecular complexity index is 1850. The molecule has 0 aliphatic heterocycles. The van der Waals surface area contributed by atoms with Gasteiger partial charge < -0.3 is 15.6 Å². The number of aryl methyl sites for hydroxylation is 2. The highest BCUT2D eigenvalue weighted by atomic mass is 35.5. The number of tetrazole rings is 1. The number of para-hydroxylation sites is 1. The summed E-state index contributed by atoms with van der Waals surface area (Å²) in [6, 6.07) is 30.1. The van der Waals surface area contributed by atoms with E-state index in [1.807, 2.05) is 54.6 Å². The van der Waals surface area contributed by atoms with Crippen molar-refractivity contribution >= 4 is 45.7 Å². The molecule has 0 saturated heterocycles. The van der Waals surface area contributed by atoms with Crippen LogP contribution in [-0.4, -0.2) is 37.4 Å². The van der Waals surface area contributed by atoms with Crippen LogP contribution < -0.4 is 10.6 Å². The van der Waals surface area contributed by atoms with Gasteiger partial charge in [0.25, 0.3) is 11.8 Å². The van der Waals surface area contributed by atoms with Crippen molar-refractivity contribution in [2.75, 3.05) is 10.6 Å². The summed E-state index contributed by atoms with van der Waals surface area (Å²) >= 11 is 6.16. The molecule has 0 aliphatic rings. The Labute approximate surface area is 240 Å². The number of nitrogens with one attached hydrogen (secondary N) is 4. The third-order valence-corrected chi connectivity index (χ3v) is 7.00. The monoisotopic (exact) mass is 561 g/mol. The molecule has 4 aromatic carbocycles. The van der Waals surface area contributed by atoms with Gasteiger partial charge in [0.1, 0.15) is 5.69 Å². The lowest BCUT2D eigenvalue weighted by Gasteiger charge is -2.11. The number of anilines is 2. The zero-order valence-corrected chi connectivity index (χ0v) is 22.4. The zero-order valence-electron chi connectivity index (χ0n) is 21.7. The maximum absolute atomic E-state index is 13.4. The molecule has 2 heterocycles. The molecule has 0 fully saturated rings. The first kappa shape index (κ1) is 26.0. The highest BCUT2D eigenvalue weighted by molar-refractivity contribution is 6.31. The van der Waals surface area contributed by atoms with E-state index in [2.05, 4.69) is 48.4 Å². The average Bonchev–Trinajstić information content (AvgIpc) is 3.69. The second-order valence-electron chi connectivity index (χ2n) is 9.44. The van der Waals surface area contributed by atoms with Gasteiger partial charge in [-0.25, -0.2) is 5.10 Å². The normalized spacial score (nSPS) is 11.0. The largest absolute Gasteiger partial charge is 0.349 e. The Hall–Kier alpha value is -5.28. The predicted octanol–water partition coefficient (Wildman–Crippen LogP) is 6.29. The average molecular weight is 562 g/mol. The van der Waals surface area contributed by atoms with Crippen molar-refractivity contribution in [2.45, 2.75) is 12.8 Å². The van der Waals surface area contributed by atoms with E-state index >= 15 is 0 Å². The van der Waals surface area contributed by atoms with Crippen molar-refractivity contribution in [3.05, 3.63) is 124 Å². The van der Waals surface area contributed by atoms with Crippen LogP contribution in [0.2, 0.25) is 5.02 Å². The van der Waals surface area contributed by atoms with E-state index in [4.69, 9.17) is 11.6 Å². The Morgan fingerprint density at radius 2 is 1.59 bits per heavy atom. The standard InChI is InChI=1S/C31H24ClN7O2/c32-22-15-16-25(24(18-22)29-36-38-39-37-29)34-31(41)27-17-21-10-6-12-26(28(21)33-27)35-30(40)23-11-5-4-9-20(23)14-13-19-7-2-1-3-8-19/h1-12,15-18,33H,13-14H2,(H,34,41)(H,35,40)(H,36,37,38,39). The molecule has 0 unspecified atom stereocenters. The molecule has 0 radical (unpaired) electrons. The van der Waals surface area contributed by atoms with Crippen LogP contribution in [0, 0.1) is 0 Å². The van der Waals surface area contributed by atoms with E-state index in [9.17, 15) is 9.59 Å². The Morgan fingerprint density at radius 1 is 0.780 bits per heavy atom. The number of fused-ring (bicyclic) bond motifs is 1. The first-order valence-corrected chi connectivity index (χ1v) is 13.3. The SMILES string of the molecule is O=C(Nc1ccc(Cl)cc1-c1nnn[nH]1)c1cc2cccc(NC(=O)c3ccccc3CCc3ccccc3)c2[nH]1. The van der Waals surface area contributed by atoms with Gasteiger partial charge >= 0.3 is 0 Å². The summed E-state index contributed by atoms with van der Waals surface area (Å²) in [5.74, 6) is -0.220. The molecule has 202 valence electrons.